The molecular weight excluding hydrogens is 629 g/mol. The van der Waals surface area contributed by atoms with E-state index in [1.807, 2.05) is 0 Å². The summed E-state index contributed by atoms with van der Waals surface area (Å²) in [5, 5.41) is 0. The lowest BCUT2D eigenvalue weighted by Gasteiger charge is -2.19. The molecule has 2 atom stereocenters. The third-order valence-corrected chi connectivity index (χ3v) is 8.43. The number of unbranched alkanes of at least 4 members (excludes halogenated alkanes) is 13. The van der Waals surface area contributed by atoms with Crippen LogP contribution in [0.4, 0.5) is 0 Å². The van der Waals surface area contributed by atoms with E-state index in [9.17, 15) is 19.0 Å². The first kappa shape index (κ1) is 46.0. The third kappa shape index (κ3) is 33.9. The van der Waals surface area contributed by atoms with Crippen LogP contribution in [0, 0.1) is 0 Å². The molecule has 48 heavy (non-hydrogen) atoms. The maximum absolute atomic E-state index is 12.5. The fourth-order valence-electron chi connectivity index (χ4n) is 4.68. The van der Waals surface area contributed by atoms with Crippen molar-refractivity contribution in [1.29, 1.82) is 0 Å². The first-order valence-corrected chi connectivity index (χ1v) is 20.1. The fourth-order valence-corrected chi connectivity index (χ4v) is 5.45. The van der Waals surface area contributed by atoms with Gasteiger partial charge in [0.2, 0.25) is 0 Å². The van der Waals surface area contributed by atoms with Crippen molar-refractivity contribution >= 4 is 19.8 Å². The van der Waals surface area contributed by atoms with Gasteiger partial charge in [-0.1, -0.05) is 133 Å². The van der Waals surface area contributed by atoms with Crippen LogP contribution in [0.2, 0.25) is 0 Å². The number of phosphoric acid groups is 1. The topological polar surface area (TPSA) is 134 Å². The van der Waals surface area contributed by atoms with Gasteiger partial charge in [-0.15, -0.1) is 0 Å². The maximum Gasteiger partial charge on any atom is 0.472 e. The zero-order valence-electron chi connectivity index (χ0n) is 30.2. The highest BCUT2D eigenvalue weighted by atomic mass is 31.2. The molecule has 0 bridgehead atoms. The average molecular weight is 698 g/mol. The summed E-state index contributed by atoms with van der Waals surface area (Å²) in [6, 6.07) is 0. The Kier molecular flexibility index (Phi) is 33.3. The molecule has 0 rings (SSSR count). The molecule has 0 aliphatic carbocycles. The lowest BCUT2D eigenvalue weighted by Crippen LogP contribution is -2.29. The fraction of sp³-hybridized carbons (Fsp3) is 0.737. The Bertz CT molecular complexity index is 934. The van der Waals surface area contributed by atoms with Gasteiger partial charge in [-0.2, -0.15) is 0 Å². The predicted octanol–water partition coefficient (Wildman–Crippen LogP) is 9.99. The zero-order chi connectivity index (χ0) is 35.4. The van der Waals surface area contributed by atoms with Gasteiger partial charge in [0.1, 0.15) is 6.61 Å². The first-order chi connectivity index (χ1) is 23.3. The van der Waals surface area contributed by atoms with E-state index >= 15 is 0 Å². The second kappa shape index (κ2) is 34.8. The summed E-state index contributed by atoms with van der Waals surface area (Å²) in [6.07, 6.45) is 37.1. The van der Waals surface area contributed by atoms with Crippen LogP contribution in [0.15, 0.2) is 48.6 Å². The second-order valence-corrected chi connectivity index (χ2v) is 13.5. The van der Waals surface area contributed by atoms with Crippen LogP contribution in [-0.4, -0.2) is 49.3 Å². The van der Waals surface area contributed by atoms with Crippen LogP contribution < -0.4 is 5.73 Å². The largest absolute Gasteiger partial charge is 0.472 e. The molecule has 0 saturated heterocycles. The zero-order valence-corrected chi connectivity index (χ0v) is 31.1. The highest BCUT2D eigenvalue weighted by Gasteiger charge is 2.25. The molecular formula is C38H68NO8P. The van der Waals surface area contributed by atoms with Crippen LogP contribution in [0.25, 0.3) is 0 Å². The molecule has 0 fully saturated rings. The van der Waals surface area contributed by atoms with Crippen molar-refractivity contribution in [3.63, 3.8) is 0 Å². The molecule has 10 heteroatoms. The second-order valence-electron chi connectivity index (χ2n) is 12.1. The van der Waals surface area contributed by atoms with Crippen LogP contribution in [-0.2, 0) is 32.7 Å². The van der Waals surface area contributed by atoms with Crippen LogP contribution in [0.5, 0.6) is 0 Å². The minimum Gasteiger partial charge on any atom is -0.462 e. The van der Waals surface area contributed by atoms with Gasteiger partial charge in [-0.05, 0) is 51.4 Å². The van der Waals surface area contributed by atoms with Gasteiger partial charge < -0.3 is 20.1 Å². The highest BCUT2D eigenvalue weighted by Crippen LogP contribution is 2.43. The SMILES string of the molecule is CCC/C=C/C/C=C/C/C=C/C/C=C/CCCCCC(=O)OC[C@@H](COP(=O)(O)OCCN)OC(=O)CCCCCCCCCCCC. The summed E-state index contributed by atoms with van der Waals surface area (Å²) in [6.45, 7) is 3.59. The van der Waals surface area contributed by atoms with Gasteiger partial charge in [-0.3, -0.25) is 18.6 Å². The van der Waals surface area contributed by atoms with Crippen molar-refractivity contribution in [3.05, 3.63) is 48.6 Å². The number of carbonyl (C=O) groups is 2. The van der Waals surface area contributed by atoms with E-state index in [1.54, 1.807) is 0 Å². The molecule has 0 radical (unpaired) electrons. The van der Waals surface area contributed by atoms with E-state index < -0.39 is 32.5 Å². The molecule has 0 aromatic heterocycles. The summed E-state index contributed by atoms with van der Waals surface area (Å²) in [5.41, 5.74) is 5.32. The standard InChI is InChI=1S/C38H68NO8P/c1-3-5-7-9-11-13-15-16-17-18-19-20-21-23-24-26-28-30-37(40)44-34-36(35-46-48(42,43)45-33-32-39)47-38(41)31-29-27-25-22-14-12-10-8-6-4-2/h7,9,13,15,17-18,20-21,36H,3-6,8,10-12,14,16,19,22-35,39H2,1-2H3,(H,42,43)/b9-7+,15-13+,18-17+,21-20+/t36-/m0/s1. The number of hydrogen-bond donors (Lipinski definition) is 2. The lowest BCUT2D eigenvalue weighted by molar-refractivity contribution is -0.161. The van der Waals surface area contributed by atoms with Crippen molar-refractivity contribution in [2.75, 3.05) is 26.4 Å². The smallest absolute Gasteiger partial charge is 0.462 e. The van der Waals surface area contributed by atoms with E-state index in [0.29, 0.717) is 12.8 Å². The molecule has 0 saturated carbocycles. The van der Waals surface area contributed by atoms with Gasteiger partial charge >= 0.3 is 19.8 Å². The Balaban J connectivity index is 4.28. The molecule has 1 unspecified atom stereocenters. The van der Waals surface area contributed by atoms with E-state index in [0.717, 1.165) is 64.2 Å². The van der Waals surface area contributed by atoms with E-state index in [-0.39, 0.29) is 32.6 Å². The summed E-state index contributed by atoms with van der Waals surface area (Å²) in [7, 11) is -4.37. The van der Waals surface area contributed by atoms with Crippen molar-refractivity contribution in [3.8, 4) is 0 Å². The summed E-state index contributed by atoms with van der Waals surface area (Å²) < 4.78 is 32.6. The van der Waals surface area contributed by atoms with Crippen LogP contribution >= 0.6 is 7.82 Å². The molecule has 0 heterocycles. The Morgan fingerprint density at radius 3 is 1.69 bits per heavy atom. The molecule has 0 aromatic carbocycles. The average Bonchev–Trinajstić information content (AvgIpc) is 3.07. The Morgan fingerprint density at radius 2 is 1.12 bits per heavy atom. The molecule has 0 aliphatic rings. The number of hydrogen-bond acceptors (Lipinski definition) is 8. The number of rotatable bonds is 34. The summed E-state index contributed by atoms with van der Waals surface area (Å²) in [5.74, 6) is -0.870. The van der Waals surface area contributed by atoms with Crippen LogP contribution in [0.1, 0.15) is 149 Å². The lowest BCUT2D eigenvalue weighted by atomic mass is 10.1. The monoisotopic (exact) mass is 697 g/mol. The Labute approximate surface area is 292 Å². The van der Waals surface area contributed by atoms with Gasteiger partial charge in [-0.25, -0.2) is 4.57 Å². The number of allylic oxidation sites excluding steroid dienone is 8. The van der Waals surface area contributed by atoms with Gasteiger partial charge in [0.15, 0.2) is 6.10 Å². The Hall–Kier alpha value is -2.03. The van der Waals surface area contributed by atoms with Gasteiger partial charge in [0.05, 0.1) is 13.2 Å². The van der Waals surface area contributed by atoms with Crippen molar-refractivity contribution in [2.24, 2.45) is 5.73 Å². The van der Waals surface area contributed by atoms with Gasteiger partial charge in [0, 0.05) is 19.4 Å². The molecule has 3 N–H and O–H groups in total. The molecule has 278 valence electrons. The number of ether oxygens (including phenoxy) is 2. The van der Waals surface area contributed by atoms with E-state index in [4.69, 9.17) is 24.3 Å². The number of phosphoric ester groups is 1. The van der Waals surface area contributed by atoms with Crippen LogP contribution in [0.3, 0.4) is 0 Å². The normalized spacial score (nSPS) is 14.0. The number of carbonyl (C=O) groups excluding carboxylic acids is 2. The minimum atomic E-state index is -4.37. The quantitative estimate of drug-likeness (QED) is 0.0291. The third-order valence-electron chi connectivity index (χ3n) is 7.45. The van der Waals surface area contributed by atoms with E-state index in [2.05, 4.69) is 62.5 Å². The molecule has 0 aromatic rings. The summed E-state index contributed by atoms with van der Waals surface area (Å²) in [4.78, 5) is 34.6. The van der Waals surface area contributed by atoms with Crippen molar-refractivity contribution in [2.45, 2.75) is 155 Å². The molecule has 0 spiro atoms. The van der Waals surface area contributed by atoms with Crippen molar-refractivity contribution < 1.29 is 37.6 Å². The van der Waals surface area contributed by atoms with Crippen molar-refractivity contribution in [1.82, 2.24) is 0 Å². The Morgan fingerprint density at radius 1 is 0.625 bits per heavy atom. The predicted molar refractivity (Wildman–Crippen MR) is 196 cm³/mol. The maximum atomic E-state index is 12.5. The van der Waals surface area contributed by atoms with E-state index in [1.165, 1.54) is 44.9 Å². The van der Waals surface area contributed by atoms with Gasteiger partial charge in [0.25, 0.3) is 0 Å². The minimum absolute atomic E-state index is 0.0479. The first-order valence-electron chi connectivity index (χ1n) is 18.6. The molecule has 9 nitrogen and oxygen atoms in total. The molecule has 0 amide bonds. The highest BCUT2D eigenvalue weighted by molar-refractivity contribution is 7.47. The molecule has 0 aliphatic heterocycles. The summed E-state index contributed by atoms with van der Waals surface area (Å²) >= 11 is 0. The number of nitrogens with two attached hydrogens (primary N) is 1. The number of esters is 2.